The summed E-state index contributed by atoms with van der Waals surface area (Å²) in [6.07, 6.45) is 9.14. The lowest BCUT2D eigenvalue weighted by Crippen LogP contribution is -2.10. The fraction of sp³-hybridized carbons (Fsp3) is 0.929. The number of esters is 1. The fourth-order valence-corrected chi connectivity index (χ4v) is 1.66. The predicted octanol–water partition coefficient (Wildman–Crippen LogP) is 3.71. The molecule has 0 rings (SSSR count). The summed E-state index contributed by atoms with van der Waals surface area (Å²) in [6, 6.07) is 0. The van der Waals surface area contributed by atoms with E-state index in [9.17, 15) is 4.79 Å². The van der Waals surface area contributed by atoms with Gasteiger partial charge >= 0.3 is 5.97 Å². The summed E-state index contributed by atoms with van der Waals surface area (Å²) in [5.74, 6) is -0.0849. The first-order chi connectivity index (χ1) is 8.31. The third-order valence-corrected chi connectivity index (χ3v) is 2.68. The number of carbonyl (C=O) groups excluding carboxylic acids is 1. The van der Waals surface area contributed by atoms with E-state index in [2.05, 4.69) is 6.92 Å². The van der Waals surface area contributed by atoms with Crippen molar-refractivity contribution in [2.24, 2.45) is 0 Å². The Morgan fingerprint density at radius 1 is 0.882 bits per heavy atom. The van der Waals surface area contributed by atoms with Gasteiger partial charge in [0.15, 0.2) is 0 Å². The van der Waals surface area contributed by atoms with Crippen LogP contribution in [-0.4, -0.2) is 25.8 Å². The van der Waals surface area contributed by atoms with Crippen LogP contribution in [0, 0.1) is 0 Å². The highest BCUT2D eigenvalue weighted by Crippen LogP contribution is 2.08. The topological polar surface area (TPSA) is 35.5 Å². The van der Waals surface area contributed by atoms with E-state index in [1.165, 1.54) is 32.1 Å². The van der Waals surface area contributed by atoms with E-state index in [-0.39, 0.29) is 5.97 Å². The molecule has 0 heterocycles. The van der Waals surface area contributed by atoms with E-state index < -0.39 is 0 Å². The normalized spacial score (nSPS) is 10.5. The van der Waals surface area contributed by atoms with Crippen LogP contribution in [0.1, 0.15) is 65.2 Å². The Labute approximate surface area is 106 Å². The number of ether oxygens (including phenoxy) is 2. The van der Waals surface area contributed by atoms with Crippen LogP contribution in [0.4, 0.5) is 0 Å². The minimum Gasteiger partial charge on any atom is -0.463 e. The predicted molar refractivity (Wildman–Crippen MR) is 70.1 cm³/mol. The first kappa shape index (κ1) is 16.4. The summed E-state index contributed by atoms with van der Waals surface area (Å²) in [5, 5.41) is 0. The van der Waals surface area contributed by atoms with Crippen molar-refractivity contribution in [1.82, 2.24) is 0 Å². The van der Waals surface area contributed by atoms with E-state index >= 15 is 0 Å². The molecule has 0 aromatic carbocycles. The van der Waals surface area contributed by atoms with Gasteiger partial charge < -0.3 is 9.47 Å². The Balaban J connectivity index is 3.11. The van der Waals surface area contributed by atoms with Crippen LogP contribution in [0.25, 0.3) is 0 Å². The number of rotatable bonds is 12. The summed E-state index contributed by atoms with van der Waals surface area (Å²) in [5.41, 5.74) is 0. The summed E-state index contributed by atoms with van der Waals surface area (Å²) in [4.78, 5) is 11.3. The van der Waals surface area contributed by atoms with Crippen molar-refractivity contribution >= 4 is 5.97 Å². The van der Waals surface area contributed by atoms with Crippen LogP contribution >= 0.6 is 0 Å². The zero-order valence-electron chi connectivity index (χ0n) is 11.5. The zero-order chi connectivity index (χ0) is 12.8. The minimum atomic E-state index is -0.0849. The molecule has 0 saturated carbocycles. The van der Waals surface area contributed by atoms with Crippen molar-refractivity contribution in [3.63, 3.8) is 0 Å². The molecule has 0 N–H and O–H groups in total. The largest absolute Gasteiger partial charge is 0.463 e. The van der Waals surface area contributed by atoms with Crippen LogP contribution in [0.2, 0.25) is 0 Å². The SMILES string of the molecule is CCCCCCCCCC(=O)OCCOCC. The highest BCUT2D eigenvalue weighted by Gasteiger charge is 2.01. The standard InChI is InChI=1S/C14H28O3/c1-3-5-6-7-8-9-10-11-14(15)17-13-12-16-4-2/h3-13H2,1-2H3. The third-order valence-electron chi connectivity index (χ3n) is 2.68. The molecular formula is C14H28O3. The molecule has 0 radical (unpaired) electrons. The van der Waals surface area contributed by atoms with Crippen molar-refractivity contribution in [2.45, 2.75) is 65.2 Å². The molecule has 3 heteroatoms. The van der Waals surface area contributed by atoms with Gasteiger partial charge in [-0.25, -0.2) is 0 Å². The maximum Gasteiger partial charge on any atom is 0.305 e. The van der Waals surface area contributed by atoms with Crippen molar-refractivity contribution in [3.05, 3.63) is 0 Å². The Kier molecular flexibility index (Phi) is 13.0. The monoisotopic (exact) mass is 244 g/mol. The Bertz CT molecular complexity index is 169. The second-order valence-electron chi connectivity index (χ2n) is 4.29. The Hall–Kier alpha value is -0.570. The molecule has 0 aliphatic rings. The zero-order valence-corrected chi connectivity index (χ0v) is 11.5. The molecule has 0 aromatic rings. The Morgan fingerprint density at radius 3 is 2.18 bits per heavy atom. The molecular weight excluding hydrogens is 216 g/mol. The number of hydrogen-bond acceptors (Lipinski definition) is 3. The lowest BCUT2D eigenvalue weighted by Gasteiger charge is -2.04. The van der Waals surface area contributed by atoms with Gasteiger partial charge in [0.25, 0.3) is 0 Å². The van der Waals surface area contributed by atoms with Crippen LogP contribution in [0.5, 0.6) is 0 Å². The van der Waals surface area contributed by atoms with Crippen LogP contribution in [0.15, 0.2) is 0 Å². The van der Waals surface area contributed by atoms with Crippen LogP contribution < -0.4 is 0 Å². The second kappa shape index (κ2) is 13.5. The van der Waals surface area contributed by atoms with Gasteiger partial charge in [-0.15, -0.1) is 0 Å². The summed E-state index contributed by atoms with van der Waals surface area (Å²) in [7, 11) is 0. The van der Waals surface area contributed by atoms with Gasteiger partial charge in [0, 0.05) is 13.0 Å². The van der Waals surface area contributed by atoms with Crippen molar-refractivity contribution < 1.29 is 14.3 Å². The first-order valence-electron chi connectivity index (χ1n) is 7.04. The highest BCUT2D eigenvalue weighted by molar-refractivity contribution is 5.69. The van der Waals surface area contributed by atoms with Crippen molar-refractivity contribution in [2.75, 3.05) is 19.8 Å². The fourth-order valence-electron chi connectivity index (χ4n) is 1.66. The molecule has 0 fully saturated rings. The molecule has 102 valence electrons. The number of carbonyl (C=O) groups is 1. The molecule has 3 nitrogen and oxygen atoms in total. The molecule has 0 aromatic heterocycles. The van der Waals surface area contributed by atoms with E-state index in [0.717, 1.165) is 12.8 Å². The summed E-state index contributed by atoms with van der Waals surface area (Å²) >= 11 is 0. The van der Waals surface area contributed by atoms with Gasteiger partial charge in [0.05, 0.1) is 6.61 Å². The van der Waals surface area contributed by atoms with E-state index in [1.54, 1.807) is 0 Å². The maximum atomic E-state index is 11.3. The summed E-state index contributed by atoms with van der Waals surface area (Å²) < 4.78 is 10.1. The first-order valence-corrected chi connectivity index (χ1v) is 7.04. The second-order valence-corrected chi connectivity index (χ2v) is 4.29. The molecule has 0 atom stereocenters. The summed E-state index contributed by atoms with van der Waals surface area (Å²) in [6.45, 7) is 5.73. The maximum absolute atomic E-state index is 11.3. The van der Waals surface area contributed by atoms with Gasteiger partial charge in [-0.05, 0) is 13.3 Å². The van der Waals surface area contributed by atoms with E-state index in [4.69, 9.17) is 9.47 Å². The van der Waals surface area contributed by atoms with Crippen molar-refractivity contribution in [3.8, 4) is 0 Å². The number of hydrogen-bond donors (Lipinski definition) is 0. The third kappa shape index (κ3) is 13.4. The van der Waals surface area contributed by atoms with Gasteiger partial charge in [0.1, 0.15) is 6.61 Å². The lowest BCUT2D eigenvalue weighted by molar-refractivity contribution is -0.145. The van der Waals surface area contributed by atoms with Gasteiger partial charge in [-0.2, -0.15) is 0 Å². The smallest absolute Gasteiger partial charge is 0.305 e. The molecule has 0 amide bonds. The molecule has 0 unspecified atom stereocenters. The quantitative estimate of drug-likeness (QED) is 0.388. The average molecular weight is 244 g/mol. The lowest BCUT2D eigenvalue weighted by atomic mass is 10.1. The van der Waals surface area contributed by atoms with Gasteiger partial charge in [-0.1, -0.05) is 45.4 Å². The highest BCUT2D eigenvalue weighted by atomic mass is 16.6. The molecule has 0 aliphatic carbocycles. The average Bonchev–Trinajstić information content (AvgIpc) is 2.33. The molecule has 0 aliphatic heterocycles. The van der Waals surface area contributed by atoms with Gasteiger partial charge in [-0.3, -0.25) is 4.79 Å². The molecule has 0 saturated heterocycles. The van der Waals surface area contributed by atoms with E-state index in [1.807, 2.05) is 6.92 Å². The van der Waals surface area contributed by atoms with Crippen molar-refractivity contribution in [1.29, 1.82) is 0 Å². The molecule has 0 spiro atoms. The van der Waals surface area contributed by atoms with Crippen LogP contribution in [-0.2, 0) is 14.3 Å². The number of unbranched alkanes of at least 4 members (excludes halogenated alkanes) is 6. The van der Waals surface area contributed by atoms with Crippen LogP contribution in [0.3, 0.4) is 0 Å². The van der Waals surface area contributed by atoms with Gasteiger partial charge in [0.2, 0.25) is 0 Å². The Morgan fingerprint density at radius 2 is 1.53 bits per heavy atom. The molecule has 17 heavy (non-hydrogen) atoms. The van der Waals surface area contributed by atoms with E-state index in [0.29, 0.717) is 26.2 Å². The minimum absolute atomic E-state index is 0.0849. The molecule has 0 bridgehead atoms.